The third-order valence-electron chi connectivity index (χ3n) is 4.25. The Bertz CT molecular complexity index is 734. The first-order valence-corrected chi connectivity index (χ1v) is 9.12. The van der Waals surface area contributed by atoms with Gasteiger partial charge in [0.15, 0.2) is 5.13 Å². The first-order chi connectivity index (χ1) is 12.1. The summed E-state index contributed by atoms with van der Waals surface area (Å²) in [5, 5.41) is 0.395. The summed E-state index contributed by atoms with van der Waals surface area (Å²) < 4.78 is 0. The van der Waals surface area contributed by atoms with Gasteiger partial charge in [-0.2, -0.15) is 0 Å². The van der Waals surface area contributed by atoms with Crippen molar-refractivity contribution in [3.63, 3.8) is 0 Å². The Morgan fingerprint density at radius 1 is 1.12 bits per heavy atom. The van der Waals surface area contributed by atoms with Gasteiger partial charge in [0.1, 0.15) is 4.88 Å². The number of pyridine rings is 1. The van der Waals surface area contributed by atoms with Crippen molar-refractivity contribution < 1.29 is 9.59 Å². The Balaban J connectivity index is 1.52. The number of amides is 2. The lowest BCUT2D eigenvalue weighted by atomic mass is 10.1. The van der Waals surface area contributed by atoms with Crippen LogP contribution in [0.2, 0.25) is 0 Å². The van der Waals surface area contributed by atoms with E-state index < -0.39 is 0 Å². The van der Waals surface area contributed by atoms with Crippen LogP contribution in [-0.2, 0) is 11.2 Å². The number of nitrogen functional groups attached to an aromatic ring is 1. The van der Waals surface area contributed by atoms with Gasteiger partial charge >= 0.3 is 0 Å². The highest BCUT2D eigenvalue weighted by Crippen LogP contribution is 2.18. The van der Waals surface area contributed by atoms with E-state index in [-0.39, 0.29) is 11.8 Å². The number of aryl methyl sites for hydroxylation is 1. The van der Waals surface area contributed by atoms with Gasteiger partial charge < -0.3 is 15.5 Å². The summed E-state index contributed by atoms with van der Waals surface area (Å²) >= 11 is 1.20. The summed E-state index contributed by atoms with van der Waals surface area (Å²) in [6.07, 6.45) is 6.96. The molecule has 0 spiro atoms. The summed E-state index contributed by atoms with van der Waals surface area (Å²) in [5.74, 6) is 0.0773. The van der Waals surface area contributed by atoms with Gasteiger partial charge in [-0.3, -0.25) is 14.6 Å². The number of hydrogen-bond acceptors (Lipinski definition) is 6. The molecular formula is C17H21N5O2S. The van der Waals surface area contributed by atoms with E-state index in [2.05, 4.69) is 9.97 Å². The number of carbonyl (C=O) groups is 2. The molecular weight excluding hydrogens is 338 g/mol. The van der Waals surface area contributed by atoms with Crippen LogP contribution in [0, 0.1) is 0 Å². The van der Waals surface area contributed by atoms with Gasteiger partial charge in [-0.25, -0.2) is 4.98 Å². The Hall–Kier alpha value is -2.48. The zero-order chi connectivity index (χ0) is 17.6. The second-order valence-corrected chi connectivity index (χ2v) is 7.01. The van der Waals surface area contributed by atoms with Gasteiger partial charge in [0, 0.05) is 45.0 Å². The average molecular weight is 359 g/mol. The van der Waals surface area contributed by atoms with Crippen molar-refractivity contribution in [2.24, 2.45) is 0 Å². The molecule has 1 aliphatic rings. The summed E-state index contributed by atoms with van der Waals surface area (Å²) in [6, 6.07) is 3.85. The molecule has 1 saturated heterocycles. The molecule has 8 heteroatoms. The minimum absolute atomic E-state index is 0.0553. The van der Waals surface area contributed by atoms with Crippen LogP contribution in [0.25, 0.3) is 0 Å². The molecule has 0 saturated carbocycles. The fourth-order valence-electron chi connectivity index (χ4n) is 2.87. The molecule has 2 amide bonds. The van der Waals surface area contributed by atoms with Crippen LogP contribution in [-0.4, -0.2) is 57.8 Å². The number of carbonyl (C=O) groups excluding carboxylic acids is 2. The molecule has 132 valence electrons. The van der Waals surface area contributed by atoms with Crippen molar-refractivity contribution in [2.75, 3.05) is 31.9 Å². The highest BCUT2D eigenvalue weighted by molar-refractivity contribution is 7.17. The summed E-state index contributed by atoms with van der Waals surface area (Å²) in [6.45, 7) is 2.43. The smallest absolute Gasteiger partial charge is 0.265 e. The van der Waals surface area contributed by atoms with E-state index in [0.29, 0.717) is 49.0 Å². The average Bonchev–Trinajstić information content (AvgIpc) is 2.92. The van der Waals surface area contributed by atoms with E-state index in [1.165, 1.54) is 17.5 Å². The third kappa shape index (κ3) is 4.54. The van der Waals surface area contributed by atoms with Crippen molar-refractivity contribution in [2.45, 2.75) is 19.3 Å². The number of nitrogens with zero attached hydrogens (tertiary/aromatic N) is 4. The Kier molecular flexibility index (Phi) is 5.60. The lowest BCUT2D eigenvalue weighted by Gasteiger charge is -2.22. The minimum Gasteiger partial charge on any atom is -0.375 e. The van der Waals surface area contributed by atoms with Crippen molar-refractivity contribution in [1.82, 2.24) is 19.8 Å². The summed E-state index contributed by atoms with van der Waals surface area (Å²) in [5.41, 5.74) is 6.71. The molecule has 2 aromatic heterocycles. The number of anilines is 1. The largest absolute Gasteiger partial charge is 0.375 e. The monoisotopic (exact) mass is 359 g/mol. The molecule has 3 heterocycles. The standard InChI is InChI=1S/C17H21N5O2S/c18-17-20-12-14(25-17)16(24)22-9-1-8-21(10-11-22)15(23)3-2-13-4-6-19-7-5-13/h4-7,12H,1-3,8-11H2,(H2,18,20). The van der Waals surface area contributed by atoms with E-state index in [0.717, 1.165) is 12.0 Å². The maximum Gasteiger partial charge on any atom is 0.265 e. The van der Waals surface area contributed by atoms with Crippen LogP contribution in [0.3, 0.4) is 0 Å². The van der Waals surface area contributed by atoms with Gasteiger partial charge in [-0.15, -0.1) is 0 Å². The number of nitrogens with two attached hydrogens (primary N) is 1. The molecule has 1 aliphatic heterocycles. The van der Waals surface area contributed by atoms with Crippen LogP contribution < -0.4 is 5.73 Å². The molecule has 25 heavy (non-hydrogen) atoms. The SMILES string of the molecule is Nc1ncc(C(=O)N2CCCN(C(=O)CCc3ccncc3)CC2)s1. The molecule has 0 aliphatic carbocycles. The van der Waals surface area contributed by atoms with E-state index in [1.54, 1.807) is 17.3 Å². The van der Waals surface area contributed by atoms with Crippen LogP contribution in [0.15, 0.2) is 30.7 Å². The quantitative estimate of drug-likeness (QED) is 0.891. The number of thiazole rings is 1. The topological polar surface area (TPSA) is 92.4 Å². The second kappa shape index (κ2) is 8.06. The molecule has 0 bridgehead atoms. The zero-order valence-electron chi connectivity index (χ0n) is 13.9. The van der Waals surface area contributed by atoms with Gasteiger partial charge in [-0.1, -0.05) is 11.3 Å². The van der Waals surface area contributed by atoms with Crippen LogP contribution in [0.5, 0.6) is 0 Å². The van der Waals surface area contributed by atoms with Crippen LogP contribution in [0.4, 0.5) is 5.13 Å². The minimum atomic E-state index is -0.0553. The van der Waals surface area contributed by atoms with Gasteiger partial charge in [0.25, 0.3) is 5.91 Å². The van der Waals surface area contributed by atoms with E-state index in [9.17, 15) is 9.59 Å². The highest BCUT2D eigenvalue weighted by Gasteiger charge is 2.23. The fourth-order valence-corrected chi connectivity index (χ4v) is 3.52. The predicted molar refractivity (Wildman–Crippen MR) is 96.2 cm³/mol. The number of hydrogen-bond donors (Lipinski definition) is 1. The Morgan fingerprint density at radius 2 is 1.84 bits per heavy atom. The fraction of sp³-hybridized carbons (Fsp3) is 0.412. The molecule has 0 aromatic carbocycles. The number of rotatable bonds is 4. The van der Waals surface area contributed by atoms with Crippen LogP contribution in [0.1, 0.15) is 28.1 Å². The van der Waals surface area contributed by atoms with Gasteiger partial charge in [0.05, 0.1) is 6.20 Å². The second-order valence-electron chi connectivity index (χ2n) is 5.94. The zero-order valence-corrected chi connectivity index (χ0v) is 14.7. The highest BCUT2D eigenvalue weighted by atomic mass is 32.1. The molecule has 0 unspecified atom stereocenters. The molecule has 3 rings (SSSR count). The van der Waals surface area contributed by atoms with Gasteiger partial charge in [-0.05, 0) is 30.5 Å². The Morgan fingerprint density at radius 3 is 2.56 bits per heavy atom. The summed E-state index contributed by atoms with van der Waals surface area (Å²) in [4.78, 5) is 37.0. The summed E-state index contributed by atoms with van der Waals surface area (Å²) in [7, 11) is 0. The van der Waals surface area contributed by atoms with E-state index >= 15 is 0 Å². The van der Waals surface area contributed by atoms with Crippen molar-refractivity contribution in [3.8, 4) is 0 Å². The molecule has 0 atom stereocenters. The molecule has 2 N–H and O–H groups in total. The van der Waals surface area contributed by atoms with E-state index in [1.807, 2.05) is 17.0 Å². The van der Waals surface area contributed by atoms with Gasteiger partial charge in [0.2, 0.25) is 5.91 Å². The molecule has 7 nitrogen and oxygen atoms in total. The third-order valence-corrected chi connectivity index (χ3v) is 5.06. The lowest BCUT2D eigenvalue weighted by Crippen LogP contribution is -2.37. The molecule has 1 fully saturated rings. The Labute approximate surface area is 150 Å². The first kappa shape index (κ1) is 17.3. The van der Waals surface area contributed by atoms with Crippen LogP contribution >= 0.6 is 11.3 Å². The maximum absolute atomic E-state index is 12.5. The first-order valence-electron chi connectivity index (χ1n) is 8.31. The lowest BCUT2D eigenvalue weighted by molar-refractivity contribution is -0.131. The predicted octanol–water partition coefficient (Wildman–Crippen LogP) is 1.43. The number of aromatic nitrogens is 2. The van der Waals surface area contributed by atoms with Crippen molar-refractivity contribution in [3.05, 3.63) is 41.2 Å². The molecule has 2 aromatic rings. The molecule has 0 radical (unpaired) electrons. The van der Waals surface area contributed by atoms with Crippen molar-refractivity contribution >= 4 is 28.3 Å². The maximum atomic E-state index is 12.5. The van der Waals surface area contributed by atoms with Crippen molar-refractivity contribution in [1.29, 1.82) is 0 Å². The normalized spacial score (nSPS) is 15.0. The van der Waals surface area contributed by atoms with E-state index in [4.69, 9.17) is 5.73 Å².